The monoisotopic (exact) mass is 459 g/mol. The van der Waals surface area contributed by atoms with Gasteiger partial charge in [0, 0.05) is 12.7 Å². The van der Waals surface area contributed by atoms with E-state index in [0.29, 0.717) is 63.4 Å². The predicted octanol–water partition coefficient (Wildman–Crippen LogP) is 2.26. The van der Waals surface area contributed by atoms with Gasteiger partial charge in [0.25, 0.3) is 5.65 Å². The Hall–Kier alpha value is -4.31. The molecule has 0 bridgehead atoms. The van der Waals surface area contributed by atoms with Crippen molar-refractivity contribution in [2.24, 2.45) is 5.10 Å². The van der Waals surface area contributed by atoms with Crippen LogP contribution in [0.25, 0.3) is 33.2 Å². The van der Waals surface area contributed by atoms with Crippen LogP contribution in [0.3, 0.4) is 0 Å². The first-order valence-electron chi connectivity index (χ1n) is 10.6. The van der Waals surface area contributed by atoms with Crippen molar-refractivity contribution in [2.75, 3.05) is 27.9 Å². The number of ether oxygens (including phenoxy) is 3. The number of hydrogen-bond acceptors (Lipinski definition) is 7. The van der Waals surface area contributed by atoms with Crippen LogP contribution < -0.4 is 20.0 Å². The van der Waals surface area contributed by atoms with Crippen LogP contribution in [0.4, 0.5) is 0 Å². The Balaban J connectivity index is 1.78. The van der Waals surface area contributed by atoms with Gasteiger partial charge in [-0.3, -0.25) is 0 Å². The summed E-state index contributed by atoms with van der Waals surface area (Å²) in [5.41, 5.74) is 3.32. The minimum atomic E-state index is -0.201. The number of methoxy groups -OCH3 is 3. The maximum absolute atomic E-state index is 13.4. The summed E-state index contributed by atoms with van der Waals surface area (Å²) in [4.78, 5) is 26.1. The van der Waals surface area contributed by atoms with Gasteiger partial charge >= 0.3 is 5.56 Å². The van der Waals surface area contributed by atoms with Gasteiger partial charge in [0.2, 0.25) is 5.65 Å². The largest absolute Gasteiger partial charge is 0.493 e. The third-order valence-electron chi connectivity index (χ3n) is 5.55. The van der Waals surface area contributed by atoms with Crippen LogP contribution in [-0.4, -0.2) is 53.4 Å². The zero-order valence-corrected chi connectivity index (χ0v) is 19.0. The number of aromatic amines is 1. The van der Waals surface area contributed by atoms with E-state index in [1.165, 1.54) is 0 Å². The molecule has 2 aromatic carbocycles. The minimum Gasteiger partial charge on any atom is -0.493 e. The maximum Gasteiger partial charge on any atom is 0.322 e. The molecule has 34 heavy (non-hydrogen) atoms. The van der Waals surface area contributed by atoms with Crippen LogP contribution in [0.15, 0.2) is 58.7 Å². The smallest absolute Gasteiger partial charge is 0.322 e. The molecule has 1 N–H and O–H groups in total. The van der Waals surface area contributed by atoms with Gasteiger partial charge < -0.3 is 14.2 Å². The fraction of sp³-hybridized carbons (Fsp3) is 0.208. The molecule has 0 saturated carbocycles. The predicted molar refractivity (Wildman–Crippen MR) is 128 cm³/mol. The van der Waals surface area contributed by atoms with E-state index in [0.717, 1.165) is 0 Å². The topological polar surface area (TPSA) is 107 Å². The number of nitrogens with zero attached hydrogens (tertiary/aromatic N) is 5. The zero-order valence-electron chi connectivity index (χ0n) is 19.0. The summed E-state index contributed by atoms with van der Waals surface area (Å²) in [6.07, 6.45) is 3.25. The molecule has 5 aromatic rings. The first kappa shape index (κ1) is 21.5. The fourth-order valence-electron chi connectivity index (χ4n) is 3.91. The van der Waals surface area contributed by atoms with Crippen molar-refractivity contribution in [3.05, 3.63) is 64.7 Å². The Morgan fingerprint density at radius 3 is 2.56 bits per heavy atom. The molecule has 0 aliphatic rings. The lowest BCUT2D eigenvalue weighted by molar-refractivity contribution is -0.357. The molecule has 0 amide bonds. The van der Waals surface area contributed by atoms with Crippen LogP contribution in [0.2, 0.25) is 0 Å². The lowest BCUT2D eigenvalue weighted by Gasteiger charge is -2.09. The van der Waals surface area contributed by atoms with Crippen LogP contribution in [0.5, 0.6) is 11.5 Å². The van der Waals surface area contributed by atoms with Gasteiger partial charge in [0.05, 0.1) is 44.6 Å². The number of fused-ring (bicyclic) bond motifs is 4. The molecule has 0 fully saturated rings. The second kappa shape index (κ2) is 8.91. The number of nitrogens with one attached hydrogen (secondary N) is 1. The van der Waals surface area contributed by atoms with Crippen molar-refractivity contribution < 1.29 is 19.2 Å². The van der Waals surface area contributed by atoms with E-state index in [2.05, 4.69) is 10.1 Å². The second-order valence-electron chi connectivity index (χ2n) is 7.51. The molecule has 0 atom stereocenters. The quantitative estimate of drug-likeness (QED) is 0.346. The van der Waals surface area contributed by atoms with Gasteiger partial charge in [-0.25, -0.2) is 24.3 Å². The van der Waals surface area contributed by atoms with Crippen LogP contribution in [0, 0.1) is 0 Å². The summed E-state index contributed by atoms with van der Waals surface area (Å²) in [7, 11) is 4.75. The van der Waals surface area contributed by atoms with E-state index in [9.17, 15) is 4.79 Å². The Bertz CT molecular complexity index is 1600. The number of para-hydroxylation sites is 3. The SMILES string of the molecule is COCCn1c[nH+]c2c(c1=O)c1nc3ccccc3nc1n2N=Cc1cccc(OC)c1OC. The van der Waals surface area contributed by atoms with Gasteiger partial charge in [0.1, 0.15) is 5.52 Å². The average molecular weight is 459 g/mol. The Morgan fingerprint density at radius 1 is 1.03 bits per heavy atom. The van der Waals surface area contributed by atoms with Gasteiger partial charge in [0.15, 0.2) is 23.2 Å². The van der Waals surface area contributed by atoms with Crippen molar-refractivity contribution in [3.63, 3.8) is 0 Å². The van der Waals surface area contributed by atoms with Crippen molar-refractivity contribution in [1.29, 1.82) is 0 Å². The molecule has 0 saturated heterocycles. The number of aromatic nitrogens is 5. The summed E-state index contributed by atoms with van der Waals surface area (Å²) in [5, 5.41) is 5.07. The first-order chi connectivity index (χ1) is 16.7. The summed E-state index contributed by atoms with van der Waals surface area (Å²) >= 11 is 0. The molecule has 0 aliphatic carbocycles. The molecule has 10 nitrogen and oxygen atoms in total. The summed E-state index contributed by atoms with van der Waals surface area (Å²) in [6.45, 7) is 0.806. The molecule has 10 heteroatoms. The zero-order chi connectivity index (χ0) is 23.7. The highest BCUT2D eigenvalue weighted by molar-refractivity contribution is 6.03. The lowest BCUT2D eigenvalue weighted by atomic mass is 10.2. The average Bonchev–Trinajstić information content (AvgIpc) is 3.18. The number of H-pyrrole nitrogens is 1. The van der Waals surface area contributed by atoms with Crippen molar-refractivity contribution in [3.8, 4) is 11.5 Å². The lowest BCUT2D eigenvalue weighted by Crippen LogP contribution is -2.28. The van der Waals surface area contributed by atoms with Crippen LogP contribution in [0.1, 0.15) is 5.56 Å². The third-order valence-corrected chi connectivity index (χ3v) is 5.55. The van der Waals surface area contributed by atoms with Gasteiger partial charge in [-0.05, 0) is 24.3 Å². The molecule has 0 radical (unpaired) electrons. The Morgan fingerprint density at radius 2 is 1.82 bits per heavy atom. The highest BCUT2D eigenvalue weighted by Gasteiger charge is 2.24. The summed E-state index contributed by atoms with van der Waals surface area (Å²) < 4.78 is 19.2. The van der Waals surface area contributed by atoms with Crippen molar-refractivity contribution in [2.45, 2.75) is 6.54 Å². The number of rotatable bonds is 7. The molecular weight excluding hydrogens is 436 g/mol. The van der Waals surface area contributed by atoms with Crippen molar-refractivity contribution >= 4 is 39.4 Å². The first-order valence-corrected chi connectivity index (χ1v) is 10.6. The molecular formula is C24H23N6O4+. The van der Waals surface area contributed by atoms with Gasteiger partial charge in [-0.1, -0.05) is 18.2 Å². The summed E-state index contributed by atoms with van der Waals surface area (Å²) in [6, 6.07) is 13.0. The van der Waals surface area contributed by atoms with E-state index in [4.69, 9.17) is 24.2 Å². The minimum absolute atomic E-state index is 0.201. The highest BCUT2D eigenvalue weighted by atomic mass is 16.5. The molecule has 0 aliphatic heterocycles. The molecule has 0 unspecified atom stereocenters. The van der Waals surface area contributed by atoms with E-state index in [1.54, 1.807) is 43.1 Å². The van der Waals surface area contributed by atoms with Crippen molar-refractivity contribution in [1.82, 2.24) is 19.2 Å². The maximum atomic E-state index is 13.4. The summed E-state index contributed by atoms with van der Waals surface area (Å²) in [5.74, 6) is 1.14. The third kappa shape index (κ3) is 3.54. The molecule has 5 rings (SSSR count). The molecule has 0 spiro atoms. The highest BCUT2D eigenvalue weighted by Crippen LogP contribution is 2.30. The van der Waals surface area contributed by atoms with E-state index >= 15 is 0 Å². The van der Waals surface area contributed by atoms with E-state index in [-0.39, 0.29) is 5.56 Å². The number of benzene rings is 2. The van der Waals surface area contributed by atoms with Gasteiger partial charge in [-0.2, -0.15) is 0 Å². The standard InChI is InChI=1S/C24H22N6O4/c1-32-12-11-29-14-25-22-19(24(29)31)20-23(28-17-9-5-4-8-16(17)27-20)30(22)26-13-15-7-6-10-18(33-2)21(15)34-3/h4-10,13-14H,11-12H2,1-3H3/p+1. The second-order valence-corrected chi connectivity index (χ2v) is 7.51. The Kier molecular flexibility index (Phi) is 5.64. The molecule has 3 aromatic heterocycles. The fourth-order valence-corrected chi connectivity index (χ4v) is 3.91. The van der Waals surface area contributed by atoms with E-state index in [1.807, 2.05) is 42.5 Å². The van der Waals surface area contributed by atoms with E-state index < -0.39 is 0 Å². The van der Waals surface area contributed by atoms with Crippen LogP contribution in [-0.2, 0) is 11.3 Å². The van der Waals surface area contributed by atoms with Gasteiger partial charge in [-0.15, -0.1) is 9.78 Å². The number of hydrogen-bond donors (Lipinski definition) is 0. The molecule has 3 heterocycles. The van der Waals surface area contributed by atoms with Crippen LogP contribution >= 0.6 is 0 Å². The Labute approximate surface area is 194 Å². The molecule has 172 valence electrons. The normalized spacial score (nSPS) is 11.7.